The monoisotopic (exact) mass is 362 g/mol. The zero-order valence-electron chi connectivity index (χ0n) is 16.6. The molecule has 4 aliphatic rings. The summed E-state index contributed by atoms with van der Waals surface area (Å²) in [6.45, 7) is 6.17. The number of carbonyl (C=O) groups excluding carboxylic acids is 2. The summed E-state index contributed by atoms with van der Waals surface area (Å²) in [4.78, 5) is 24.2. The minimum absolute atomic E-state index is 0.00376. The van der Waals surface area contributed by atoms with Gasteiger partial charge in [-0.1, -0.05) is 6.92 Å². The number of hydrogen-bond donors (Lipinski definition) is 1. The largest absolute Gasteiger partial charge is 0.465 e. The van der Waals surface area contributed by atoms with Crippen LogP contribution in [0.1, 0.15) is 78.6 Å². The highest BCUT2D eigenvalue weighted by atomic mass is 16.5. The first-order valence-corrected chi connectivity index (χ1v) is 10.6. The van der Waals surface area contributed by atoms with Gasteiger partial charge in [-0.25, -0.2) is 0 Å². The van der Waals surface area contributed by atoms with Gasteiger partial charge in [0.25, 0.3) is 0 Å². The molecule has 0 aromatic carbocycles. The molecule has 0 heterocycles. The van der Waals surface area contributed by atoms with Gasteiger partial charge in [-0.2, -0.15) is 0 Å². The summed E-state index contributed by atoms with van der Waals surface area (Å²) in [5, 5.41) is 10.7. The summed E-state index contributed by atoms with van der Waals surface area (Å²) in [5.74, 6) is 2.31. The van der Waals surface area contributed by atoms with Gasteiger partial charge in [-0.3, -0.25) is 9.59 Å². The van der Waals surface area contributed by atoms with Crippen LogP contribution < -0.4 is 0 Å². The zero-order valence-corrected chi connectivity index (χ0v) is 16.6. The molecule has 1 N–H and O–H groups in total. The standard InChI is InChI=1S/C22H34O4/c1-14(23)26-13-22-11-10-20(2,25)12-15(22)4-5-16-17-6-7-19(24)21(17,3)9-8-18(16)22/h15-18,25H,4-13H2,1-3H3/t15-,16-,17-,18-,20-,21-,22+/m0/s1. The Bertz CT molecular complexity index is 611. The number of hydrogen-bond acceptors (Lipinski definition) is 4. The lowest BCUT2D eigenvalue weighted by Crippen LogP contribution is -2.58. The molecule has 0 radical (unpaired) electrons. The van der Waals surface area contributed by atoms with Crippen molar-refractivity contribution >= 4 is 11.8 Å². The van der Waals surface area contributed by atoms with Gasteiger partial charge in [-0.15, -0.1) is 0 Å². The molecule has 0 spiro atoms. The van der Waals surface area contributed by atoms with Crippen LogP contribution in [0.15, 0.2) is 0 Å². The molecule has 0 saturated heterocycles. The molecule has 0 aromatic rings. The second-order valence-corrected chi connectivity index (χ2v) is 10.3. The SMILES string of the molecule is CC(=O)OC[C@]12CC[C@](C)(O)C[C@@H]1CC[C@@H]1[C@@H]2CC[C@]2(C)C(=O)CC[C@@H]12. The van der Waals surface area contributed by atoms with Gasteiger partial charge in [0, 0.05) is 24.2 Å². The summed E-state index contributed by atoms with van der Waals surface area (Å²) >= 11 is 0. The highest BCUT2D eigenvalue weighted by Gasteiger charge is 2.62. The van der Waals surface area contributed by atoms with Crippen LogP contribution in [0.4, 0.5) is 0 Å². The van der Waals surface area contributed by atoms with Crippen LogP contribution in [0.5, 0.6) is 0 Å². The van der Waals surface area contributed by atoms with Crippen molar-refractivity contribution < 1.29 is 19.4 Å². The summed E-state index contributed by atoms with van der Waals surface area (Å²) < 4.78 is 5.63. The van der Waals surface area contributed by atoms with Gasteiger partial charge < -0.3 is 9.84 Å². The predicted molar refractivity (Wildman–Crippen MR) is 98.3 cm³/mol. The number of ether oxygens (including phenoxy) is 1. The van der Waals surface area contributed by atoms with Crippen molar-refractivity contribution in [3.8, 4) is 0 Å². The number of Topliss-reactive ketones (excluding diaryl/α,β-unsaturated/α-hetero) is 1. The third-order valence-electron chi connectivity index (χ3n) is 8.91. The van der Waals surface area contributed by atoms with Crippen molar-refractivity contribution in [1.82, 2.24) is 0 Å². The Hall–Kier alpha value is -0.900. The van der Waals surface area contributed by atoms with Crippen LogP contribution in [-0.2, 0) is 14.3 Å². The van der Waals surface area contributed by atoms with Gasteiger partial charge in [0.2, 0.25) is 0 Å². The van der Waals surface area contributed by atoms with Gasteiger partial charge in [-0.05, 0) is 82.0 Å². The predicted octanol–water partition coefficient (Wildman–Crippen LogP) is 3.89. The van der Waals surface area contributed by atoms with E-state index in [0.717, 1.165) is 51.4 Å². The summed E-state index contributed by atoms with van der Waals surface area (Å²) in [6.07, 6.45) is 8.66. The lowest BCUT2D eigenvalue weighted by molar-refractivity contribution is -0.182. The number of ketones is 1. The lowest BCUT2D eigenvalue weighted by atomic mass is 9.44. The molecular formula is C22H34O4. The average molecular weight is 363 g/mol. The van der Waals surface area contributed by atoms with Crippen LogP contribution in [0, 0.1) is 34.5 Å². The minimum Gasteiger partial charge on any atom is -0.465 e. The number of carbonyl (C=O) groups is 2. The quantitative estimate of drug-likeness (QED) is 0.757. The molecule has 0 amide bonds. The van der Waals surface area contributed by atoms with Crippen LogP contribution in [0.2, 0.25) is 0 Å². The van der Waals surface area contributed by atoms with Crippen molar-refractivity contribution in [3.63, 3.8) is 0 Å². The van der Waals surface area contributed by atoms with E-state index >= 15 is 0 Å². The fourth-order valence-corrected chi connectivity index (χ4v) is 7.52. The van der Waals surface area contributed by atoms with E-state index in [-0.39, 0.29) is 16.8 Å². The first kappa shape index (κ1) is 18.5. The van der Waals surface area contributed by atoms with Crippen molar-refractivity contribution in [1.29, 1.82) is 0 Å². The van der Waals surface area contributed by atoms with E-state index < -0.39 is 5.60 Å². The Labute approximate surface area is 157 Å². The smallest absolute Gasteiger partial charge is 0.302 e. The number of aliphatic hydroxyl groups is 1. The Morgan fingerprint density at radius 1 is 1.12 bits per heavy atom. The van der Waals surface area contributed by atoms with E-state index in [1.165, 1.54) is 13.3 Å². The van der Waals surface area contributed by atoms with Gasteiger partial charge in [0.1, 0.15) is 5.78 Å². The lowest BCUT2D eigenvalue weighted by Gasteiger charge is -2.61. The van der Waals surface area contributed by atoms with Crippen LogP contribution >= 0.6 is 0 Å². The van der Waals surface area contributed by atoms with E-state index in [1.54, 1.807) is 0 Å². The minimum atomic E-state index is -0.594. The summed E-state index contributed by atoms with van der Waals surface area (Å²) in [6, 6.07) is 0. The van der Waals surface area contributed by atoms with Crippen molar-refractivity contribution in [2.75, 3.05) is 6.61 Å². The molecule has 0 aromatic heterocycles. The van der Waals surface area contributed by atoms with Crippen LogP contribution in [0.25, 0.3) is 0 Å². The highest BCUT2D eigenvalue weighted by Crippen LogP contribution is 2.66. The van der Waals surface area contributed by atoms with Crippen LogP contribution in [0.3, 0.4) is 0 Å². The molecule has 4 rings (SSSR count). The Kier molecular flexibility index (Phi) is 4.30. The molecule has 4 aliphatic carbocycles. The Balaban J connectivity index is 1.66. The van der Waals surface area contributed by atoms with Crippen LogP contribution in [-0.4, -0.2) is 29.1 Å². The fourth-order valence-electron chi connectivity index (χ4n) is 7.52. The molecule has 26 heavy (non-hydrogen) atoms. The number of esters is 1. The van der Waals surface area contributed by atoms with Gasteiger partial charge in [0.05, 0.1) is 12.2 Å². The van der Waals surface area contributed by atoms with E-state index in [4.69, 9.17) is 4.74 Å². The molecule has 0 bridgehead atoms. The van der Waals surface area contributed by atoms with Crippen molar-refractivity contribution in [2.45, 2.75) is 84.2 Å². The summed E-state index contributed by atoms with van der Waals surface area (Å²) in [5.41, 5.74) is -0.704. The molecule has 0 aliphatic heterocycles. The average Bonchev–Trinajstić information content (AvgIpc) is 2.88. The molecule has 4 heteroatoms. The second-order valence-electron chi connectivity index (χ2n) is 10.3. The molecule has 4 saturated carbocycles. The molecule has 4 nitrogen and oxygen atoms in total. The number of fused-ring (bicyclic) bond motifs is 5. The van der Waals surface area contributed by atoms with Gasteiger partial charge in [0.15, 0.2) is 0 Å². The number of rotatable bonds is 2. The molecule has 4 fully saturated rings. The van der Waals surface area contributed by atoms with Gasteiger partial charge >= 0.3 is 5.97 Å². The molecule has 146 valence electrons. The van der Waals surface area contributed by atoms with E-state index in [2.05, 4.69) is 6.92 Å². The highest BCUT2D eigenvalue weighted by molar-refractivity contribution is 5.87. The Morgan fingerprint density at radius 2 is 1.88 bits per heavy atom. The van der Waals surface area contributed by atoms with Crippen molar-refractivity contribution in [2.24, 2.45) is 34.5 Å². The Morgan fingerprint density at radius 3 is 2.62 bits per heavy atom. The normalized spacial score (nSPS) is 50.5. The topological polar surface area (TPSA) is 63.6 Å². The first-order chi connectivity index (χ1) is 12.2. The maximum absolute atomic E-state index is 12.6. The van der Waals surface area contributed by atoms with E-state index in [9.17, 15) is 14.7 Å². The third kappa shape index (κ3) is 2.66. The van der Waals surface area contributed by atoms with E-state index in [1.807, 2.05) is 6.92 Å². The summed E-state index contributed by atoms with van der Waals surface area (Å²) in [7, 11) is 0. The van der Waals surface area contributed by atoms with E-state index in [0.29, 0.717) is 36.1 Å². The molecule has 7 atom stereocenters. The zero-order chi connectivity index (χ0) is 18.7. The van der Waals surface area contributed by atoms with Crippen molar-refractivity contribution in [3.05, 3.63) is 0 Å². The maximum Gasteiger partial charge on any atom is 0.302 e. The fraction of sp³-hybridized carbons (Fsp3) is 0.909. The molecule has 0 unspecified atom stereocenters. The molecular weight excluding hydrogens is 328 g/mol. The third-order valence-corrected chi connectivity index (χ3v) is 8.91. The maximum atomic E-state index is 12.6. The first-order valence-electron chi connectivity index (χ1n) is 10.6. The second kappa shape index (κ2) is 6.05.